The fourth-order valence-corrected chi connectivity index (χ4v) is 4.57. The summed E-state index contributed by atoms with van der Waals surface area (Å²) in [6, 6.07) is 4.84. The average molecular weight is 368 g/mol. The zero-order valence-corrected chi connectivity index (χ0v) is 16.6. The van der Waals surface area contributed by atoms with Gasteiger partial charge in [-0.1, -0.05) is 32.9 Å². The minimum absolute atomic E-state index is 0.115. The summed E-state index contributed by atoms with van der Waals surface area (Å²) in [6.45, 7) is 10.8. The van der Waals surface area contributed by atoms with Gasteiger partial charge < -0.3 is 10.6 Å². The van der Waals surface area contributed by atoms with Crippen LogP contribution in [0.25, 0.3) is 0 Å². The van der Waals surface area contributed by atoms with E-state index in [2.05, 4.69) is 0 Å². The smallest absolute Gasteiger partial charge is 0.243 e. The molecule has 6 nitrogen and oxygen atoms in total. The average Bonchev–Trinajstić information content (AvgIpc) is 2.54. The van der Waals surface area contributed by atoms with E-state index in [9.17, 15) is 13.2 Å². The molecule has 0 spiro atoms. The maximum absolute atomic E-state index is 12.9. The van der Waals surface area contributed by atoms with Gasteiger partial charge in [0.1, 0.15) is 0 Å². The number of amides is 1. The predicted octanol–water partition coefficient (Wildman–Crippen LogP) is 1.51. The zero-order chi connectivity index (χ0) is 19.0. The zero-order valence-electron chi connectivity index (χ0n) is 15.7. The van der Waals surface area contributed by atoms with Gasteiger partial charge in [-0.05, 0) is 36.5 Å². The molecule has 2 rings (SSSR count). The number of piperazine rings is 1. The number of hydrogen-bond donors (Lipinski definition) is 1. The molecule has 140 valence electrons. The monoisotopic (exact) mass is 367 g/mol. The Hall–Kier alpha value is -1.44. The normalized spacial score (nSPS) is 18.2. The largest absolute Gasteiger partial charge is 0.339 e. The van der Waals surface area contributed by atoms with Gasteiger partial charge in [0.25, 0.3) is 0 Å². The molecule has 1 saturated heterocycles. The summed E-state index contributed by atoms with van der Waals surface area (Å²) >= 11 is 0. The van der Waals surface area contributed by atoms with Crippen LogP contribution < -0.4 is 5.73 Å². The van der Waals surface area contributed by atoms with E-state index in [4.69, 9.17) is 5.73 Å². The first-order valence-corrected chi connectivity index (χ1v) is 10.0. The number of carbonyl (C=O) groups is 1. The van der Waals surface area contributed by atoms with Crippen molar-refractivity contribution in [2.75, 3.05) is 26.2 Å². The topological polar surface area (TPSA) is 83.7 Å². The Bertz CT molecular complexity index is 745. The summed E-state index contributed by atoms with van der Waals surface area (Å²) in [4.78, 5) is 14.5. The van der Waals surface area contributed by atoms with Gasteiger partial charge in [0.05, 0.1) is 10.9 Å². The van der Waals surface area contributed by atoms with Crippen molar-refractivity contribution in [2.45, 2.75) is 45.6 Å². The molecule has 25 heavy (non-hydrogen) atoms. The summed E-state index contributed by atoms with van der Waals surface area (Å²) < 4.78 is 27.3. The molecule has 1 aliphatic rings. The molecular weight excluding hydrogens is 338 g/mol. The van der Waals surface area contributed by atoms with Crippen molar-refractivity contribution in [1.82, 2.24) is 9.21 Å². The molecule has 0 radical (unpaired) electrons. The van der Waals surface area contributed by atoms with Crippen LogP contribution in [-0.2, 0) is 14.8 Å². The van der Waals surface area contributed by atoms with Gasteiger partial charge >= 0.3 is 0 Å². The Morgan fingerprint density at radius 2 is 1.68 bits per heavy atom. The van der Waals surface area contributed by atoms with Gasteiger partial charge in [-0.25, -0.2) is 8.42 Å². The molecule has 0 unspecified atom stereocenters. The molecular formula is C18H29N3O3S. The van der Waals surface area contributed by atoms with Crippen molar-refractivity contribution in [3.05, 3.63) is 29.3 Å². The van der Waals surface area contributed by atoms with Crippen LogP contribution >= 0.6 is 0 Å². The minimum atomic E-state index is -3.55. The van der Waals surface area contributed by atoms with Crippen LogP contribution in [0.15, 0.2) is 23.1 Å². The molecule has 2 N–H and O–H groups in total. The molecule has 0 saturated carbocycles. The van der Waals surface area contributed by atoms with E-state index in [0.717, 1.165) is 11.1 Å². The molecule has 1 amide bonds. The molecule has 1 aliphatic heterocycles. The van der Waals surface area contributed by atoms with Gasteiger partial charge in [-0.2, -0.15) is 4.31 Å². The lowest BCUT2D eigenvalue weighted by atomic mass is 9.86. The van der Waals surface area contributed by atoms with Crippen LogP contribution in [0.1, 0.15) is 31.9 Å². The van der Waals surface area contributed by atoms with Gasteiger partial charge in [0, 0.05) is 26.2 Å². The molecule has 1 aromatic carbocycles. The highest BCUT2D eigenvalue weighted by Crippen LogP contribution is 2.24. The number of nitrogens with zero attached hydrogens (tertiary/aromatic N) is 2. The lowest BCUT2D eigenvalue weighted by molar-refractivity contribution is -0.136. The number of nitrogens with two attached hydrogens (primary N) is 1. The van der Waals surface area contributed by atoms with Crippen molar-refractivity contribution in [1.29, 1.82) is 0 Å². The Morgan fingerprint density at radius 1 is 1.12 bits per heavy atom. The third kappa shape index (κ3) is 4.22. The summed E-state index contributed by atoms with van der Waals surface area (Å²) in [5.41, 5.74) is 7.38. The SMILES string of the molecule is Cc1ccc(C)c(S(=O)(=O)N2CCN(C(=O)[C@@H](N)C(C)(C)C)CC2)c1. The van der Waals surface area contributed by atoms with Crippen LogP contribution in [0.4, 0.5) is 0 Å². The fraction of sp³-hybridized carbons (Fsp3) is 0.611. The van der Waals surface area contributed by atoms with E-state index in [0.29, 0.717) is 18.0 Å². The summed E-state index contributed by atoms with van der Waals surface area (Å²) in [5, 5.41) is 0. The molecule has 0 aromatic heterocycles. The Balaban J connectivity index is 2.11. The van der Waals surface area contributed by atoms with Crippen LogP contribution in [0.5, 0.6) is 0 Å². The number of aryl methyl sites for hydroxylation is 2. The molecule has 0 aliphatic carbocycles. The lowest BCUT2D eigenvalue weighted by Crippen LogP contribution is -2.56. The van der Waals surface area contributed by atoms with Crippen molar-refractivity contribution in [3.63, 3.8) is 0 Å². The third-order valence-electron chi connectivity index (χ3n) is 4.71. The maximum Gasteiger partial charge on any atom is 0.243 e. The fourth-order valence-electron chi connectivity index (χ4n) is 2.84. The first-order chi connectivity index (χ1) is 11.4. The molecule has 7 heteroatoms. The number of hydrogen-bond acceptors (Lipinski definition) is 4. The van der Waals surface area contributed by atoms with E-state index < -0.39 is 16.1 Å². The number of sulfonamides is 1. The second-order valence-corrected chi connectivity index (χ2v) is 9.75. The minimum Gasteiger partial charge on any atom is -0.339 e. The van der Waals surface area contributed by atoms with E-state index in [-0.39, 0.29) is 24.4 Å². The van der Waals surface area contributed by atoms with Crippen LogP contribution in [0, 0.1) is 19.3 Å². The third-order valence-corrected chi connectivity index (χ3v) is 6.75. The van der Waals surface area contributed by atoms with Gasteiger partial charge in [-0.15, -0.1) is 0 Å². The van der Waals surface area contributed by atoms with Gasteiger partial charge in [0.2, 0.25) is 15.9 Å². The van der Waals surface area contributed by atoms with E-state index in [1.807, 2.05) is 39.8 Å². The quantitative estimate of drug-likeness (QED) is 0.878. The molecule has 1 atom stereocenters. The highest BCUT2D eigenvalue weighted by molar-refractivity contribution is 7.89. The van der Waals surface area contributed by atoms with Crippen molar-refractivity contribution >= 4 is 15.9 Å². The number of benzene rings is 1. The number of rotatable bonds is 3. The Labute approximate surface area is 151 Å². The molecule has 1 heterocycles. The molecule has 1 aromatic rings. The van der Waals surface area contributed by atoms with Gasteiger partial charge in [0.15, 0.2) is 0 Å². The van der Waals surface area contributed by atoms with E-state index in [1.165, 1.54) is 4.31 Å². The van der Waals surface area contributed by atoms with E-state index >= 15 is 0 Å². The van der Waals surface area contributed by atoms with Crippen LogP contribution in [-0.4, -0.2) is 55.8 Å². The van der Waals surface area contributed by atoms with Crippen molar-refractivity contribution < 1.29 is 13.2 Å². The second-order valence-electron chi connectivity index (χ2n) is 7.84. The first-order valence-electron chi connectivity index (χ1n) is 8.56. The van der Waals surface area contributed by atoms with Crippen molar-refractivity contribution in [3.8, 4) is 0 Å². The maximum atomic E-state index is 12.9. The second kappa shape index (κ2) is 7.05. The molecule has 1 fully saturated rings. The van der Waals surface area contributed by atoms with Gasteiger partial charge in [-0.3, -0.25) is 4.79 Å². The lowest BCUT2D eigenvalue weighted by Gasteiger charge is -2.37. The predicted molar refractivity (Wildman–Crippen MR) is 98.7 cm³/mol. The Morgan fingerprint density at radius 3 is 2.20 bits per heavy atom. The standard InChI is InChI=1S/C18H29N3O3S/c1-13-6-7-14(2)15(12-13)25(23,24)21-10-8-20(9-11-21)17(22)16(19)18(3,4)5/h6-7,12,16H,8-11,19H2,1-5H3/t16-/m1/s1. The summed E-state index contributed by atoms with van der Waals surface area (Å²) in [6.07, 6.45) is 0. The highest BCUT2D eigenvalue weighted by Gasteiger charge is 2.35. The summed E-state index contributed by atoms with van der Waals surface area (Å²) in [5.74, 6) is -0.115. The van der Waals surface area contributed by atoms with Crippen LogP contribution in [0.3, 0.4) is 0 Å². The number of carbonyl (C=O) groups excluding carboxylic acids is 1. The van der Waals surface area contributed by atoms with E-state index in [1.54, 1.807) is 17.9 Å². The Kier molecular flexibility index (Phi) is 5.61. The highest BCUT2D eigenvalue weighted by atomic mass is 32.2. The van der Waals surface area contributed by atoms with Crippen LogP contribution in [0.2, 0.25) is 0 Å². The summed E-state index contributed by atoms with van der Waals surface area (Å²) in [7, 11) is -3.55. The first kappa shape index (κ1) is 19.9. The molecule has 0 bridgehead atoms. The van der Waals surface area contributed by atoms with Crippen molar-refractivity contribution in [2.24, 2.45) is 11.1 Å².